The molecule has 0 aliphatic rings. The minimum atomic E-state index is 1.13. The van der Waals surface area contributed by atoms with Crippen LogP contribution in [0.3, 0.4) is 0 Å². The van der Waals surface area contributed by atoms with Gasteiger partial charge in [-0.3, -0.25) is 0 Å². The van der Waals surface area contributed by atoms with Gasteiger partial charge in [0, 0.05) is 62.5 Å². The number of hydrogen-bond acceptors (Lipinski definition) is 4. The molecule has 0 aliphatic carbocycles. The number of para-hydroxylation sites is 2. The van der Waals surface area contributed by atoms with Crippen LogP contribution in [0.1, 0.15) is 22.3 Å². The zero-order chi connectivity index (χ0) is 48.2. The van der Waals surface area contributed by atoms with Gasteiger partial charge in [0.25, 0.3) is 0 Å². The number of anilines is 6. The second-order valence-corrected chi connectivity index (χ2v) is 21.4. The van der Waals surface area contributed by atoms with Gasteiger partial charge >= 0.3 is 0 Å². The predicted molar refractivity (Wildman–Crippen MR) is 315 cm³/mol. The van der Waals surface area contributed by atoms with E-state index in [9.17, 15) is 0 Å². The number of aryl methyl sites for hydroxylation is 2. The second-order valence-electron chi connectivity index (χ2n) is 19.3. The van der Waals surface area contributed by atoms with Crippen LogP contribution >= 0.6 is 22.7 Å². The molecule has 2 aromatic heterocycles. The van der Waals surface area contributed by atoms with Crippen LogP contribution in [0, 0.1) is 27.7 Å². The fourth-order valence-corrected chi connectivity index (χ4v) is 14.4. The minimum absolute atomic E-state index is 1.13. The molecule has 0 unspecified atom stereocenters. The highest BCUT2D eigenvalue weighted by atomic mass is 32.1. The van der Waals surface area contributed by atoms with Gasteiger partial charge in [-0.15, -0.1) is 22.7 Å². The van der Waals surface area contributed by atoms with Crippen LogP contribution in [-0.2, 0) is 0 Å². The molecule has 2 nitrogen and oxygen atoms in total. The monoisotopic (exact) mass is 956 g/mol. The van der Waals surface area contributed by atoms with Gasteiger partial charge in [0.15, 0.2) is 0 Å². The first-order valence-corrected chi connectivity index (χ1v) is 26.5. The first-order chi connectivity index (χ1) is 35.4. The molecule has 72 heavy (non-hydrogen) atoms. The van der Waals surface area contributed by atoms with Gasteiger partial charge in [0.05, 0.1) is 22.7 Å². The molecule has 14 aromatic rings. The third kappa shape index (κ3) is 6.46. The molecule has 0 atom stereocenters. The van der Waals surface area contributed by atoms with E-state index in [4.69, 9.17) is 0 Å². The molecule has 12 aromatic carbocycles. The summed E-state index contributed by atoms with van der Waals surface area (Å²) in [5.41, 5.74) is 17.0. The molecule has 4 heteroatoms. The molecule has 14 rings (SSSR count). The van der Waals surface area contributed by atoms with Crippen molar-refractivity contribution in [3.05, 3.63) is 241 Å². The van der Waals surface area contributed by atoms with Crippen molar-refractivity contribution < 1.29 is 0 Å². The third-order valence-electron chi connectivity index (χ3n) is 15.2. The van der Waals surface area contributed by atoms with Crippen molar-refractivity contribution in [3.63, 3.8) is 0 Å². The first kappa shape index (κ1) is 42.6. The fourth-order valence-electron chi connectivity index (χ4n) is 12.0. The summed E-state index contributed by atoms with van der Waals surface area (Å²) in [4.78, 5) is 5.05. The summed E-state index contributed by atoms with van der Waals surface area (Å²) in [6.07, 6.45) is 0. The number of hydrogen-bond donors (Lipinski definition) is 0. The van der Waals surface area contributed by atoms with Gasteiger partial charge < -0.3 is 9.80 Å². The molecule has 342 valence electrons. The Morgan fingerprint density at radius 3 is 1.12 bits per heavy atom. The van der Waals surface area contributed by atoms with E-state index < -0.39 is 0 Å². The molecule has 0 spiro atoms. The average molecular weight is 957 g/mol. The van der Waals surface area contributed by atoms with E-state index in [1.807, 2.05) is 22.7 Å². The summed E-state index contributed by atoms with van der Waals surface area (Å²) < 4.78 is 5.30. The lowest BCUT2D eigenvalue weighted by atomic mass is 9.90. The highest BCUT2D eigenvalue weighted by Crippen LogP contribution is 2.52. The van der Waals surface area contributed by atoms with Gasteiger partial charge in [0.2, 0.25) is 0 Å². The van der Waals surface area contributed by atoms with Crippen molar-refractivity contribution >= 4 is 129 Å². The summed E-state index contributed by atoms with van der Waals surface area (Å²) in [6.45, 7) is 9.18. The number of nitrogens with zero attached hydrogens (tertiary/aromatic N) is 2. The Bertz CT molecular complexity index is 4160. The highest BCUT2D eigenvalue weighted by molar-refractivity contribution is 7.26. The quantitative estimate of drug-likeness (QED) is 0.140. The van der Waals surface area contributed by atoms with Crippen LogP contribution in [0.2, 0.25) is 0 Å². The average Bonchev–Trinajstić information content (AvgIpc) is 4.00. The van der Waals surface area contributed by atoms with Crippen LogP contribution in [-0.4, -0.2) is 0 Å². The largest absolute Gasteiger partial charge is 0.309 e. The molecule has 0 radical (unpaired) electrons. The number of thiophene rings is 2. The Hall–Kier alpha value is -8.28. The van der Waals surface area contributed by atoms with E-state index in [1.54, 1.807) is 0 Å². The molecule has 0 amide bonds. The van der Waals surface area contributed by atoms with Gasteiger partial charge in [-0.2, -0.15) is 0 Å². The van der Waals surface area contributed by atoms with Crippen molar-refractivity contribution in [2.24, 2.45) is 0 Å². The van der Waals surface area contributed by atoms with E-state index in [2.05, 4.69) is 256 Å². The lowest BCUT2D eigenvalue weighted by Crippen LogP contribution is -2.14. The van der Waals surface area contributed by atoms with Crippen molar-refractivity contribution in [1.82, 2.24) is 0 Å². The summed E-state index contributed by atoms with van der Waals surface area (Å²) in [6, 6.07) is 81.3. The van der Waals surface area contributed by atoms with E-state index >= 15 is 0 Å². The topological polar surface area (TPSA) is 6.48 Å². The zero-order valence-corrected chi connectivity index (χ0v) is 42.1. The Labute approximate surface area is 427 Å². The van der Waals surface area contributed by atoms with E-state index in [1.165, 1.54) is 129 Å². The molecular weight excluding hydrogens is 909 g/mol. The first-order valence-electron chi connectivity index (χ1n) is 24.8. The molecule has 0 fully saturated rings. The van der Waals surface area contributed by atoms with E-state index in [0.29, 0.717) is 0 Å². The molecular formula is C68H48N2S2. The maximum atomic E-state index is 2.53. The standard InChI is InChI=1S/C68H48N2S2/c1-41-29-35-49(53-23-15-25-55-51-21-11-13-27-61(51)71-67(53)55)43(3)65(41)69(47-17-7-5-8-18-47)59-39-33-45-32-38-58-60(40-34-46-31-37-57(59)63(45)64(46)58)70(48-19-9-6-10-20-48)66-42(2)30-36-50(44(66)4)54-24-16-26-56-52-22-12-14-28-62(52)72-68(54)56/h5-40H,1-4H3. The zero-order valence-electron chi connectivity index (χ0n) is 40.5. The Kier molecular flexibility index (Phi) is 9.86. The van der Waals surface area contributed by atoms with E-state index in [-0.39, 0.29) is 0 Å². The number of fused-ring (bicyclic) bond motifs is 6. The van der Waals surface area contributed by atoms with Crippen LogP contribution in [0.4, 0.5) is 34.1 Å². The molecule has 0 saturated carbocycles. The molecule has 0 N–H and O–H groups in total. The number of rotatable bonds is 8. The van der Waals surface area contributed by atoms with Crippen molar-refractivity contribution in [2.45, 2.75) is 27.7 Å². The van der Waals surface area contributed by atoms with Crippen LogP contribution in [0.5, 0.6) is 0 Å². The summed E-state index contributed by atoms with van der Waals surface area (Å²) in [5, 5.41) is 12.7. The van der Waals surface area contributed by atoms with Crippen molar-refractivity contribution in [1.29, 1.82) is 0 Å². The third-order valence-corrected chi connectivity index (χ3v) is 17.7. The van der Waals surface area contributed by atoms with Gasteiger partial charge in [-0.1, -0.05) is 170 Å². The SMILES string of the molecule is Cc1ccc(-c2cccc3c2sc2ccccc23)c(C)c1N(c1ccccc1)c1ccc2ccc3c(N(c4ccccc4)c4c(C)ccc(-c5cccc6c5sc5ccccc56)c4C)ccc4ccc1c2c43. The Morgan fingerprint density at radius 1 is 0.292 bits per heavy atom. The predicted octanol–water partition coefficient (Wildman–Crippen LogP) is 20.8. The maximum absolute atomic E-state index is 2.53. The Morgan fingerprint density at radius 2 is 0.681 bits per heavy atom. The van der Waals surface area contributed by atoms with Crippen molar-refractivity contribution in [3.8, 4) is 22.3 Å². The smallest absolute Gasteiger partial charge is 0.0540 e. The molecule has 0 aliphatic heterocycles. The van der Waals surface area contributed by atoms with Crippen LogP contribution in [0.25, 0.3) is 94.9 Å². The van der Waals surface area contributed by atoms with Gasteiger partial charge in [0.1, 0.15) is 0 Å². The second kappa shape index (κ2) is 16.7. The fraction of sp³-hybridized carbons (Fsp3) is 0.0588. The highest BCUT2D eigenvalue weighted by Gasteiger charge is 2.27. The minimum Gasteiger partial charge on any atom is -0.309 e. The molecule has 0 bridgehead atoms. The lowest BCUT2D eigenvalue weighted by molar-refractivity contribution is 1.23. The van der Waals surface area contributed by atoms with Crippen LogP contribution < -0.4 is 9.80 Å². The van der Waals surface area contributed by atoms with Gasteiger partial charge in [-0.25, -0.2) is 0 Å². The number of benzene rings is 12. The summed E-state index contributed by atoms with van der Waals surface area (Å²) >= 11 is 3.79. The normalized spacial score (nSPS) is 11.9. The van der Waals surface area contributed by atoms with E-state index in [0.717, 1.165) is 22.7 Å². The van der Waals surface area contributed by atoms with Crippen LogP contribution in [0.15, 0.2) is 218 Å². The summed E-state index contributed by atoms with van der Waals surface area (Å²) in [7, 11) is 0. The maximum Gasteiger partial charge on any atom is 0.0540 e. The molecule has 0 saturated heterocycles. The summed E-state index contributed by atoms with van der Waals surface area (Å²) in [5.74, 6) is 0. The van der Waals surface area contributed by atoms with Gasteiger partial charge in [-0.05, 0) is 142 Å². The van der Waals surface area contributed by atoms with Crippen molar-refractivity contribution in [2.75, 3.05) is 9.80 Å². The lowest BCUT2D eigenvalue weighted by Gasteiger charge is -2.32. The Balaban J connectivity index is 0.983. The molecule has 2 heterocycles.